The first-order valence-corrected chi connectivity index (χ1v) is 7.37. The van der Waals surface area contributed by atoms with Crippen LogP contribution in [0.5, 0.6) is 5.75 Å². The third-order valence-corrected chi connectivity index (χ3v) is 4.13. The van der Waals surface area contributed by atoms with Crippen LogP contribution in [0, 0.1) is 0 Å². The first-order valence-electron chi connectivity index (χ1n) is 6.99. The van der Waals surface area contributed by atoms with Crippen molar-refractivity contribution in [3.8, 4) is 5.75 Å². The van der Waals surface area contributed by atoms with Crippen LogP contribution in [0.25, 0.3) is 0 Å². The predicted molar refractivity (Wildman–Crippen MR) is 82.3 cm³/mol. The molecule has 0 amide bonds. The van der Waals surface area contributed by atoms with E-state index in [0.29, 0.717) is 0 Å². The number of rotatable bonds is 3. The van der Waals surface area contributed by atoms with Crippen molar-refractivity contribution >= 4 is 11.6 Å². The molecular formula is C17H18ClNO. The van der Waals surface area contributed by atoms with Crippen molar-refractivity contribution in [2.24, 2.45) is 5.73 Å². The first-order chi connectivity index (χ1) is 9.75. The highest BCUT2D eigenvalue weighted by Crippen LogP contribution is 2.33. The number of nitrogens with two attached hydrogens (primary N) is 1. The summed E-state index contributed by atoms with van der Waals surface area (Å²) in [6.45, 7) is 0.781. The molecule has 1 aliphatic heterocycles. The van der Waals surface area contributed by atoms with E-state index in [4.69, 9.17) is 22.1 Å². The number of benzene rings is 2. The molecule has 2 N–H and O–H groups in total. The van der Waals surface area contributed by atoms with Crippen molar-refractivity contribution in [1.29, 1.82) is 0 Å². The van der Waals surface area contributed by atoms with Gasteiger partial charge in [-0.2, -0.15) is 0 Å². The smallest absolute Gasteiger partial charge is 0.127 e. The predicted octanol–water partition coefficient (Wildman–Crippen LogP) is 3.91. The molecule has 1 aliphatic rings. The van der Waals surface area contributed by atoms with Crippen LogP contribution in [-0.4, -0.2) is 6.61 Å². The minimum Gasteiger partial charge on any atom is -0.493 e. The van der Waals surface area contributed by atoms with E-state index in [-0.39, 0.29) is 6.04 Å². The number of hydrogen-bond donors (Lipinski definition) is 1. The summed E-state index contributed by atoms with van der Waals surface area (Å²) in [5.74, 6) is 0.985. The molecular weight excluding hydrogens is 270 g/mol. The molecule has 1 heterocycles. The third-order valence-electron chi connectivity index (χ3n) is 3.76. The van der Waals surface area contributed by atoms with E-state index >= 15 is 0 Å². The van der Waals surface area contributed by atoms with Crippen molar-refractivity contribution in [2.45, 2.75) is 25.3 Å². The maximum Gasteiger partial charge on any atom is 0.127 e. The zero-order chi connectivity index (χ0) is 13.9. The van der Waals surface area contributed by atoms with Crippen LogP contribution in [0.3, 0.4) is 0 Å². The molecule has 0 radical (unpaired) electrons. The Hall–Kier alpha value is -1.51. The van der Waals surface area contributed by atoms with Crippen LogP contribution in [0.2, 0.25) is 5.02 Å². The Balaban J connectivity index is 1.88. The van der Waals surface area contributed by atoms with Crippen LogP contribution in [0.1, 0.15) is 29.2 Å². The van der Waals surface area contributed by atoms with E-state index in [9.17, 15) is 0 Å². The number of fused-ring (bicyclic) bond motifs is 1. The second-order valence-corrected chi connectivity index (χ2v) is 5.60. The lowest BCUT2D eigenvalue weighted by Gasteiger charge is -2.23. The molecule has 2 nitrogen and oxygen atoms in total. The zero-order valence-electron chi connectivity index (χ0n) is 11.3. The molecule has 0 aromatic heterocycles. The molecule has 20 heavy (non-hydrogen) atoms. The maximum atomic E-state index is 6.38. The average Bonchev–Trinajstić information content (AvgIpc) is 2.49. The second kappa shape index (κ2) is 5.86. The molecule has 3 rings (SSSR count). The minimum atomic E-state index is -0.0945. The lowest BCUT2D eigenvalue weighted by atomic mass is 9.94. The average molecular weight is 288 g/mol. The van der Waals surface area contributed by atoms with Gasteiger partial charge in [-0.25, -0.2) is 0 Å². The van der Waals surface area contributed by atoms with Crippen molar-refractivity contribution in [1.82, 2.24) is 0 Å². The van der Waals surface area contributed by atoms with Gasteiger partial charge in [0, 0.05) is 16.6 Å². The summed E-state index contributed by atoms with van der Waals surface area (Å²) >= 11 is 6.21. The zero-order valence-corrected chi connectivity index (χ0v) is 12.1. The molecule has 3 heteroatoms. The summed E-state index contributed by atoms with van der Waals surface area (Å²) in [4.78, 5) is 0. The standard InChI is InChI=1S/C17H18ClNO/c18-15-9-2-1-5-13(15)11-16(19)14-8-3-6-12-7-4-10-20-17(12)14/h1-3,5-6,8-9,16H,4,7,10-11,19H2. The summed E-state index contributed by atoms with van der Waals surface area (Å²) in [5.41, 5.74) is 9.81. The molecule has 2 aromatic rings. The fraction of sp³-hybridized carbons (Fsp3) is 0.294. The Bertz CT molecular complexity index is 612. The van der Waals surface area contributed by atoms with E-state index < -0.39 is 0 Å². The fourth-order valence-corrected chi connectivity index (χ4v) is 2.93. The Labute approximate surface area is 124 Å². The van der Waals surface area contributed by atoms with Crippen LogP contribution in [0.15, 0.2) is 42.5 Å². The molecule has 0 bridgehead atoms. The summed E-state index contributed by atoms with van der Waals surface area (Å²) in [5, 5.41) is 0.772. The van der Waals surface area contributed by atoms with Crippen LogP contribution in [-0.2, 0) is 12.8 Å². The van der Waals surface area contributed by atoms with E-state index in [1.54, 1.807) is 0 Å². The molecule has 1 atom stereocenters. The lowest BCUT2D eigenvalue weighted by Crippen LogP contribution is -2.18. The number of halogens is 1. The Morgan fingerprint density at radius 2 is 2.00 bits per heavy atom. The Morgan fingerprint density at radius 3 is 2.85 bits per heavy atom. The van der Waals surface area contributed by atoms with Crippen molar-refractivity contribution in [2.75, 3.05) is 6.61 Å². The monoisotopic (exact) mass is 287 g/mol. The summed E-state index contributed by atoms with van der Waals surface area (Å²) in [6.07, 6.45) is 2.87. The van der Waals surface area contributed by atoms with Gasteiger partial charge in [-0.3, -0.25) is 0 Å². The highest BCUT2D eigenvalue weighted by atomic mass is 35.5. The number of para-hydroxylation sites is 1. The molecule has 1 unspecified atom stereocenters. The lowest BCUT2D eigenvalue weighted by molar-refractivity contribution is 0.283. The normalized spacial score (nSPS) is 15.3. The van der Waals surface area contributed by atoms with Crippen LogP contribution in [0.4, 0.5) is 0 Å². The van der Waals surface area contributed by atoms with Gasteiger partial charge in [0.05, 0.1) is 6.61 Å². The van der Waals surface area contributed by atoms with Gasteiger partial charge in [-0.15, -0.1) is 0 Å². The quantitative estimate of drug-likeness (QED) is 0.929. The topological polar surface area (TPSA) is 35.2 Å². The summed E-state index contributed by atoms with van der Waals surface area (Å²) in [6, 6.07) is 14.0. The highest BCUT2D eigenvalue weighted by molar-refractivity contribution is 6.31. The van der Waals surface area contributed by atoms with Gasteiger partial charge in [0.15, 0.2) is 0 Å². The molecule has 0 fully saturated rings. The Kier molecular flexibility index (Phi) is 3.95. The van der Waals surface area contributed by atoms with E-state index in [2.05, 4.69) is 18.2 Å². The van der Waals surface area contributed by atoms with Crippen molar-refractivity contribution < 1.29 is 4.74 Å². The van der Waals surface area contributed by atoms with Gasteiger partial charge in [-0.1, -0.05) is 48.0 Å². The van der Waals surface area contributed by atoms with E-state index in [0.717, 1.165) is 47.8 Å². The van der Waals surface area contributed by atoms with Crippen molar-refractivity contribution in [3.63, 3.8) is 0 Å². The van der Waals surface area contributed by atoms with Gasteiger partial charge in [0.2, 0.25) is 0 Å². The largest absolute Gasteiger partial charge is 0.493 e. The molecule has 2 aromatic carbocycles. The van der Waals surface area contributed by atoms with Gasteiger partial charge in [-0.05, 0) is 36.5 Å². The number of ether oxygens (including phenoxy) is 1. The molecule has 0 spiro atoms. The summed E-state index contributed by atoms with van der Waals surface area (Å²) < 4.78 is 5.83. The minimum absolute atomic E-state index is 0.0945. The SMILES string of the molecule is NC(Cc1ccccc1Cl)c1cccc2c1OCCC2. The molecule has 0 saturated carbocycles. The van der Waals surface area contributed by atoms with Gasteiger partial charge < -0.3 is 10.5 Å². The second-order valence-electron chi connectivity index (χ2n) is 5.19. The molecule has 104 valence electrons. The third kappa shape index (κ3) is 2.67. The molecule has 0 saturated heterocycles. The van der Waals surface area contributed by atoms with Crippen LogP contribution < -0.4 is 10.5 Å². The Morgan fingerprint density at radius 1 is 1.15 bits per heavy atom. The van der Waals surface area contributed by atoms with Crippen LogP contribution >= 0.6 is 11.6 Å². The van der Waals surface area contributed by atoms with Gasteiger partial charge in [0.25, 0.3) is 0 Å². The number of aryl methyl sites for hydroxylation is 1. The van der Waals surface area contributed by atoms with Crippen molar-refractivity contribution in [3.05, 3.63) is 64.2 Å². The van der Waals surface area contributed by atoms with E-state index in [1.165, 1.54) is 5.56 Å². The summed E-state index contributed by atoms with van der Waals surface area (Å²) in [7, 11) is 0. The fourth-order valence-electron chi connectivity index (χ4n) is 2.72. The maximum absolute atomic E-state index is 6.38. The number of hydrogen-bond acceptors (Lipinski definition) is 2. The highest BCUT2D eigenvalue weighted by Gasteiger charge is 2.19. The first kappa shape index (κ1) is 13.5. The van der Waals surface area contributed by atoms with E-state index in [1.807, 2.05) is 24.3 Å². The molecule has 0 aliphatic carbocycles. The van der Waals surface area contributed by atoms with Gasteiger partial charge in [0.1, 0.15) is 5.75 Å². The van der Waals surface area contributed by atoms with Gasteiger partial charge >= 0.3 is 0 Å².